The predicted molar refractivity (Wildman–Crippen MR) is 262 cm³/mol. The molecule has 0 spiro atoms. The van der Waals surface area contributed by atoms with Gasteiger partial charge in [-0.15, -0.1) is 0 Å². The first-order valence-electron chi connectivity index (χ1n) is 23.4. The van der Waals surface area contributed by atoms with Crippen LogP contribution in [-0.4, -0.2) is 46.6 Å². The number of cyclic esters (lactones) is 2. The summed E-state index contributed by atoms with van der Waals surface area (Å²) >= 11 is 0. The summed E-state index contributed by atoms with van der Waals surface area (Å²) in [6.07, 6.45) is 13.3. The summed E-state index contributed by atoms with van der Waals surface area (Å²) in [5.41, 5.74) is -1.57. The largest absolute Gasteiger partial charge is 0.460 e. The van der Waals surface area contributed by atoms with Gasteiger partial charge in [0, 0.05) is 5.92 Å². The number of carbonyl (C=O) groups is 5. The fourth-order valence-corrected chi connectivity index (χ4v) is 17.4. The van der Waals surface area contributed by atoms with Crippen molar-refractivity contribution < 1.29 is 42.9 Å². The molecule has 9 saturated carbocycles. The maximum absolute atomic E-state index is 14.7. The van der Waals surface area contributed by atoms with E-state index in [4.69, 9.17) is 18.9 Å². The van der Waals surface area contributed by atoms with Gasteiger partial charge in [0.1, 0.15) is 16.8 Å². The van der Waals surface area contributed by atoms with E-state index in [2.05, 4.69) is 20.8 Å². The highest BCUT2D eigenvalue weighted by molar-refractivity contribution is 5.97. The van der Waals surface area contributed by atoms with Crippen molar-refractivity contribution in [2.24, 2.45) is 112 Å². The lowest BCUT2D eigenvalue weighted by atomic mass is 9.58. The van der Waals surface area contributed by atoms with Crippen LogP contribution in [0.2, 0.25) is 0 Å². The van der Waals surface area contributed by atoms with E-state index in [1.807, 2.05) is 27.7 Å². The van der Waals surface area contributed by atoms with Crippen LogP contribution in [0.15, 0.2) is 0 Å². The molecule has 9 nitrogen and oxygen atoms in total. The number of carbonyl (C=O) groups excluding carboxylic acids is 5. The van der Waals surface area contributed by atoms with E-state index in [0.29, 0.717) is 53.3 Å². The lowest BCUT2D eigenvalue weighted by molar-refractivity contribution is -0.175. The Bertz CT molecular complexity index is 1720. The normalized spacial score (nSPS) is 44.4. The van der Waals surface area contributed by atoms with Gasteiger partial charge in [-0.2, -0.15) is 0 Å². The molecule has 10 aliphatic rings. The Hall–Kier alpha value is -2.45. The third kappa shape index (κ3) is 9.26. The van der Waals surface area contributed by atoms with Gasteiger partial charge in [0.2, 0.25) is 0 Å². The Morgan fingerprint density at radius 1 is 0.692 bits per heavy atom. The second-order valence-corrected chi connectivity index (χ2v) is 23.2. The molecule has 8 bridgehead atoms. The van der Waals surface area contributed by atoms with Crippen molar-refractivity contribution in [1.29, 1.82) is 0 Å². The molecular weight excluding hydrogens is 817 g/mol. The Morgan fingerprint density at radius 2 is 1.35 bits per heavy atom. The van der Waals surface area contributed by atoms with Crippen molar-refractivity contribution in [2.75, 3.05) is 0 Å². The Morgan fingerprint density at radius 3 is 1.98 bits per heavy atom. The molecule has 1 saturated heterocycles. The molecule has 0 aromatic rings. The summed E-state index contributed by atoms with van der Waals surface area (Å²) in [5, 5.41) is 0. The average Bonchev–Trinajstić information content (AvgIpc) is 3.97. The van der Waals surface area contributed by atoms with Gasteiger partial charge in [-0.05, 0) is 195 Å². The fourth-order valence-electron chi connectivity index (χ4n) is 17.4. The van der Waals surface area contributed by atoms with Crippen LogP contribution in [0.1, 0.15) is 198 Å². The molecule has 9 aliphatic carbocycles. The summed E-state index contributed by atoms with van der Waals surface area (Å²) in [7, 11) is 0. The first-order chi connectivity index (χ1) is 26.9. The van der Waals surface area contributed by atoms with E-state index in [0.717, 1.165) is 57.3 Å². The zero-order valence-corrected chi connectivity index (χ0v) is 35.5. The third-order valence-corrected chi connectivity index (χ3v) is 19.2. The molecular formula is C56H100O9. The summed E-state index contributed by atoms with van der Waals surface area (Å²) in [4.78, 5) is 70.0. The second kappa shape index (κ2) is 20.3. The Balaban J connectivity index is 0.00000181. The number of hydrogen-bond acceptors (Lipinski definition) is 9. The van der Waals surface area contributed by atoms with E-state index in [1.54, 1.807) is 0 Å². The van der Waals surface area contributed by atoms with Crippen molar-refractivity contribution in [3.05, 3.63) is 0 Å². The van der Waals surface area contributed by atoms with Crippen LogP contribution in [-0.2, 0) is 42.9 Å². The van der Waals surface area contributed by atoms with Crippen LogP contribution >= 0.6 is 0 Å². The number of esters is 5. The quantitative estimate of drug-likeness (QED) is 0.0912. The fraction of sp³-hybridized carbons (Fsp3) is 0.911. The summed E-state index contributed by atoms with van der Waals surface area (Å²) in [6, 6.07) is 0. The zero-order valence-electron chi connectivity index (χ0n) is 35.5. The van der Waals surface area contributed by atoms with E-state index in [1.165, 1.54) is 25.7 Å². The molecule has 0 aromatic carbocycles. The first-order valence-corrected chi connectivity index (χ1v) is 23.4. The molecule has 378 valence electrons. The van der Waals surface area contributed by atoms with Crippen LogP contribution in [0.5, 0.6) is 0 Å². The van der Waals surface area contributed by atoms with Gasteiger partial charge in [-0.25, -0.2) is 0 Å². The number of rotatable bonds is 10. The van der Waals surface area contributed by atoms with Crippen LogP contribution in [0.4, 0.5) is 0 Å². The molecule has 1 aliphatic heterocycles. The van der Waals surface area contributed by atoms with Crippen LogP contribution < -0.4 is 0 Å². The van der Waals surface area contributed by atoms with Gasteiger partial charge < -0.3 is 18.9 Å². The third-order valence-electron chi connectivity index (χ3n) is 19.2. The SMILES string of the molecule is C.C.C.C.C.C.C.C.CC(CC(CC1C(=O)OC(=O)C1C1C(C)C2CC1C1C3CC(CC3C(=O)OC(C)(C)C)C21)C(=O)OC1(C)CC2CC1C1CCCC21)C(=O)OC1(C)CC2CCC1C2. The summed E-state index contributed by atoms with van der Waals surface area (Å²) in [6.45, 7) is 14.1. The van der Waals surface area contributed by atoms with Gasteiger partial charge in [0.25, 0.3) is 0 Å². The van der Waals surface area contributed by atoms with E-state index < -0.39 is 52.4 Å². The Labute approximate surface area is 398 Å². The van der Waals surface area contributed by atoms with Gasteiger partial charge in [-0.1, -0.05) is 79.7 Å². The minimum atomic E-state index is -0.779. The Kier molecular flexibility index (Phi) is 18.3. The predicted octanol–water partition coefficient (Wildman–Crippen LogP) is 13.4. The lowest BCUT2D eigenvalue weighted by Crippen LogP contribution is -2.46. The number of hydrogen-bond donors (Lipinski definition) is 0. The lowest BCUT2D eigenvalue weighted by Gasteiger charge is -2.46. The molecule has 10 rings (SSSR count). The topological polar surface area (TPSA) is 122 Å². The van der Waals surface area contributed by atoms with Crippen LogP contribution in [0.25, 0.3) is 0 Å². The molecule has 65 heavy (non-hydrogen) atoms. The molecule has 0 aromatic heterocycles. The minimum Gasteiger partial charge on any atom is -0.460 e. The monoisotopic (exact) mass is 917 g/mol. The van der Waals surface area contributed by atoms with Crippen molar-refractivity contribution in [2.45, 2.75) is 215 Å². The maximum Gasteiger partial charge on any atom is 0.317 e. The van der Waals surface area contributed by atoms with Gasteiger partial charge in [0.05, 0.1) is 29.6 Å². The highest BCUT2D eigenvalue weighted by Gasteiger charge is 2.71. The minimum absolute atomic E-state index is 0. The molecule has 0 N–H and O–H groups in total. The van der Waals surface area contributed by atoms with Crippen molar-refractivity contribution in [3.8, 4) is 0 Å². The van der Waals surface area contributed by atoms with E-state index in [-0.39, 0.29) is 120 Å². The van der Waals surface area contributed by atoms with Crippen molar-refractivity contribution >= 4 is 29.8 Å². The molecule has 9 heteroatoms. The van der Waals surface area contributed by atoms with E-state index in [9.17, 15) is 24.0 Å². The van der Waals surface area contributed by atoms with Crippen LogP contribution in [0, 0.1) is 112 Å². The molecule has 21 atom stereocenters. The molecule has 21 unspecified atom stereocenters. The summed E-state index contributed by atoms with van der Waals surface area (Å²) in [5.74, 6) is 1.14. The van der Waals surface area contributed by atoms with Crippen LogP contribution in [0.3, 0.4) is 0 Å². The summed E-state index contributed by atoms with van der Waals surface area (Å²) < 4.78 is 24.5. The maximum atomic E-state index is 14.7. The number of ether oxygens (including phenoxy) is 4. The second-order valence-electron chi connectivity index (χ2n) is 23.2. The zero-order chi connectivity index (χ0) is 40.1. The molecule has 0 radical (unpaired) electrons. The highest BCUT2D eigenvalue weighted by Crippen LogP contribution is 2.73. The smallest absolute Gasteiger partial charge is 0.317 e. The van der Waals surface area contributed by atoms with Crippen molar-refractivity contribution in [3.63, 3.8) is 0 Å². The van der Waals surface area contributed by atoms with Gasteiger partial charge in [-0.3, -0.25) is 24.0 Å². The number of fused-ring (bicyclic) bond motifs is 16. The van der Waals surface area contributed by atoms with Gasteiger partial charge in [0.15, 0.2) is 0 Å². The molecule has 10 fully saturated rings. The van der Waals surface area contributed by atoms with Crippen molar-refractivity contribution in [1.82, 2.24) is 0 Å². The molecule has 0 amide bonds. The standard InChI is InChI=1S/C48H68O9.8CH4/c1-22(41(49)56-47(6)20-24-11-12-28(47)14-24)13-26(42(50)57-48(7)21-27-18-36(48)30-10-8-9-29(27)30)17-35-40(45(53)54-43(35)51)37-23(2)31-19-34(37)39-32-15-25(38(31)39)16-33(32)44(52)55-46(3,4)5;;;;;;;;/h22-40H,8-21H2,1-7H3;8*1H4. The molecule has 1 heterocycles. The highest BCUT2D eigenvalue weighted by atomic mass is 16.6. The first kappa shape index (κ1) is 58.7. The van der Waals surface area contributed by atoms with E-state index >= 15 is 0 Å². The average molecular weight is 917 g/mol. The van der Waals surface area contributed by atoms with Gasteiger partial charge >= 0.3 is 29.8 Å².